The number of ether oxygens (including phenoxy) is 1. The van der Waals surface area contributed by atoms with E-state index >= 15 is 0 Å². The second-order valence-corrected chi connectivity index (χ2v) is 6.72. The molecular formula is C20H23N5O2. The minimum atomic E-state index is 0.0417. The number of rotatable bonds is 3. The lowest BCUT2D eigenvalue weighted by molar-refractivity contribution is 0.0723. The molecule has 2 aliphatic heterocycles. The van der Waals surface area contributed by atoms with Crippen LogP contribution in [0.25, 0.3) is 0 Å². The van der Waals surface area contributed by atoms with E-state index in [0.717, 1.165) is 43.1 Å². The van der Waals surface area contributed by atoms with Gasteiger partial charge in [-0.25, -0.2) is 4.98 Å². The predicted molar refractivity (Wildman–Crippen MR) is 103 cm³/mol. The van der Waals surface area contributed by atoms with E-state index in [1.165, 1.54) is 6.42 Å². The van der Waals surface area contributed by atoms with E-state index in [1.54, 1.807) is 13.2 Å². The van der Waals surface area contributed by atoms with E-state index < -0.39 is 0 Å². The highest BCUT2D eigenvalue weighted by atomic mass is 16.5. The zero-order valence-corrected chi connectivity index (χ0v) is 15.5. The second kappa shape index (κ2) is 7.73. The van der Waals surface area contributed by atoms with E-state index in [4.69, 9.17) is 4.74 Å². The maximum Gasteiger partial charge on any atom is 0.255 e. The minimum Gasteiger partial charge on any atom is -0.488 e. The van der Waals surface area contributed by atoms with Crippen molar-refractivity contribution < 1.29 is 9.53 Å². The lowest BCUT2D eigenvalue weighted by Crippen LogP contribution is -2.36. The van der Waals surface area contributed by atoms with Crippen LogP contribution >= 0.6 is 0 Å². The number of carbonyl (C=O) groups is 1. The van der Waals surface area contributed by atoms with Crippen LogP contribution in [0.2, 0.25) is 0 Å². The summed E-state index contributed by atoms with van der Waals surface area (Å²) in [4.78, 5) is 21.3. The van der Waals surface area contributed by atoms with Gasteiger partial charge in [0.15, 0.2) is 11.6 Å². The maximum absolute atomic E-state index is 12.7. The zero-order valence-electron chi connectivity index (χ0n) is 15.5. The van der Waals surface area contributed by atoms with E-state index in [9.17, 15) is 4.79 Å². The number of anilines is 2. The second-order valence-electron chi connectivity index (χ2n) is 6.72. The molecule has 7 heteroatoms. The molecule has 0 unspecified atom stereocenters. The summed E-state index contributed by atoms with van der Waals surface area (Å²) < 4.78 is 5.81. The van der Waals surface area contributed by atoms with Gasteiger partial charge in [-0.2, -0.15) is 10.2 Å². The first-order valence-corrected chi connectivity index (χ1v) is 9.36. The summed E-state index contributed by atoms with van der Waals surface area (Å²) in [5, 5.41) is 7.83. The highest BCUT2D eigenvalue weighted by molar-refractivity contribution is 5.95. The number of pyridine rings is 1. The first-order valence-electron chi connectivity index (χ1n) is 9.36. The van der Waals surface area contributed by atoms with Crippen LogP contribution in [0.3, 0.4) is 0 Å². The molecule has 0 saturated carbocycles. The molecule has 27 heavy (non-hydrogen) atoms. The largest absolute Gasteiger partial charge is 0.488 e. The minimum absolute atomic E-state index is 0.0417. The SMILES string of the molecule is C/N=N/c1ccc(N2CCOc3cc(C(=O)N4CCCCC4)cnc32)cc1. The van der Waals surface area contributed by atoms with Gasteiger partial charge in [0, 0.05) is 32.0 Å². The number of hydrogen-bond acceptors (Lipinski definition) is 6. The van der Waals surface area contributed by atoms with Crippen molar-refractivity contribution in [3.8, 4) is 5.75 Å². The van der Waals surface area contributed by atoms with Crippen molar-refractivity contribution in [2.45, 2.75) is 19.3 Å². The van der Waals surface area contributed by atoms with Crippen LogP contribution < -0.4 is 9.64 Å². The highest BCUT2D eigenvalue weighted by Gasteiger charge is 2.25. The summed E-state index contributed by atoms with van der Waals surface area (Å²) in [5.41, 5.74) is 2.42. The molecular weight excluding hydrogens is 342 g/mol. The molecule has 2 aliphatic rings. The first kappa shape index (κ1) is 17.5. The number of benzene rings is 1. The van der Waals surface area contributed by atoms with Crippen molar-refractivity contribution in [3.63, 3.8) is 0 Å². The molecule has 0 radical (unpaired) electrons. The summed E-state index contributed by atoms with van der Waals surface area (Å²) in [6.45, 7) is 2.90. The Hall–Kier alpha value is -2.96. The predicted octanol–water partition coefficient (Wildman–Crippen LogP) is 3.95. The smallest absolute Gasteiger partial charge is 0.255 e. The van der Waals surface area contributed by atoms with Gasteiger partial charge in [-0.3, -0.25) is 4.79 Å². The van der Waals surface area contributed by atoms with Crippen molar-refractivity contribution in [2.75, 3.05) is 38.2 Å². The number of fused-ring (bicyclic) bond motifs is 1. The van der Waals surface area contributed by atoms with Crippen LogP contribution in [0.1, 0.15) is 29.6 Å². The number of likely N-dealkylation sites (tertiary alicyclic amines) is 1. The van der Waals surface area contributed by atoms with E-state index in [2.05, 4.69) is 20.1 Å². The Morgan fingerprint density at radius 3 is 2.63 bits per heavy atom. The van der Waals surface area contributed by atoms with Gasteiger partial charge in [0.1, 0.15) is 6.61 Å². The number of nitrogens with zero attached hydrogens (tertiary/aromatic N) is 5. The topological polar surface area (TPSA) is 70.4 Å². The molecule has 1 amide bonds. The van der Waals surface area contributed by atoms with Crippen molar-refractivity contribution >= 4 is 23.1 Å². The molecule has 1 saturated heterocycles. The third-order valence-electron chi connectivity index (χ3n) is 4.93. The molecule has 0 spiro atoms. The molecule has 0 N–H and O–H groups in total. The Balaban J connectivity index is 1.58. The Morgan fingerprint density at radius 1 is 1.11 bits per heavy atom. The van der Waals surface area contributed by atoms with Gasteiger partial charge in [0.2, 0.25) is 0 Å². The van der Waals surface area contributed by atoms with E-state index in [-0.39, 0.29) is 5.91 Å². The number of piperidine rings is 1. The average Bonchev–Trinajstić information content (AvgIpc) is 2.74. The Bertz CT molecular complexity index is 844. The van der Waals surface area contributed by atoms with Gasteiger partial charge in [-0.15, -0.1) is 0 Å². The van der Waals surface area contributed by atoms with Crippen molar-refractivity contribution in [3.05, 3.63) is 42.1 Å². The van der Waals surface area contributed by atoms with Gasteiger partial charge in [-0.1, -0.05) is 0 Å². The lowest BCUT2D eigenvalue weighted by Gasteiger charge is -2.31. The van der Waals surface area contributed by atoms with Crippen LogP contribution in [-0.2, 0) is 0 Å². The summed E-state index contributed by atoms with van der Waals surface area (Å²) in [5.74, 6) is 1.43. The quantitative estimate of drug-likeness (QED) is 0.772. The fourth-order valence-electron chi connectivity index (χ4n) is 3.56. The molecule has 0 atom stereocenters. The molecule has 2 aromatic rings. The monoisotopic (exact) mass is 365 g/mol. The number of hydrogen-bond donors (Lipinski definition) is 0. The van der Waals surface area contributed by atoms with Gasteiger partial charge < -0.3 is 14.5 Å². The van der Waals surface area contributed by atoms with E-state index in [1.807, 2.05) is 35.2 Å². The number of amides is 1. The molecule has 1 fully saturated rings. The van der Waals surface area contributed by atoms with Crippen LogP contribution in [-0.4, -0.2) is 49.1 Å². The molecule has 1 aromatic carbocycles. The Kier molecular flexibility index (Phi) is 5.00. The normalized spacial score (nSPS) is 16.9. The van der Waals surface area contributed by atoms with Crippen LogP contribution in [0.15, 0.2) is 46.8 Å². The number of azo groups is 1. The first-order chi connectivity index (χ1) is 13.3. The van der Waals surface area contributed by atoms with Crippen LogP contribution in [0.4, 0.5) is 17.2 Å². The van der Waals surface area contributed by atoms with Crippen molar-refractivity contribution in [1.82, 2.24) is 9.88 Å². The standard InChI is InChI=1S/C20H23N5O2/c1-21-23-16-5-7-17(8-6-16)25-11-12-27-18-13-15(14-22-19(18)25)20(26)24-9-3-2-4-10-24/h5-8,13-14H,2-4,9-12H2,1H3/b23-21+. The van der Waals surface area contributed by atoms with Gasteiger partial charge in [-0.05, 0) is 49.6 Å². The van der Waals surface area contributed by atoms with Gasteiger partial charge in [0.05, 0.1) is 17.8 Å². The Labute approximate surface area is 158 Å². The fraction of sp³-hybridized carbons (Fsp3) is 0.400. The maximum atomic E-state index is 12.7. The molecule has 7 nitrogen and oxygen atoms in total. The Morgan fingerprint density at radius 2 is 1.89 bits per heavy atom. The third-order valence-corrected chi connectivity index (χ3v) is 4.93. The third kappa shape index (κ3) is 3.63. The molecule has 3 heterocycles. The molecule has 0 aliphatic carbocycles. The molecule has 0 bridgehead atoms. The average molecular weight is 365 g/mol. The molecule has 140 valence electrons. The summed E-state index contributed by atoms with van der Waals surface area (Å²) >= 11 is 0. The van der Waals surface area contributed by atoms with Crippen molar-refractivity contribution in [1.29, 1.82) is 0 Å². The van der Waals surface area contributed by atoms with Gasteiger partial charge in [0.25, 0.3) is 5.91 Å². The summed E-state index contributed by atoms with van der Waals surface area (Å²) in [6, 6.07) is 9.66. The van der Waals surface area contributed by atoms with Crippen LogP contribution in [0.5, 0.6) is 5.75 Å². The summed E-state index contributed by atoms with van der Waals surface area (Å²) in [7, 11) is 1.65. The lowest BCUT2D eigenvalue weighted by atomic mass is 10.1. The van der Waals surface area contributed by atoms with E-state index in [0.29, 0.717) is 24.5 Å². The van der Waals surface area contributed by atoms with Gasteiger partial charge >= 0.3 is 0 Å². The zero-order chi connectivity index (χ0) is 18.6. The molecule has 1 aromatic heterocycles. The fourth-order valence-corrected chi connectivity index (χ4v) is 3.56. The number of aromatic nitrogens is 1. The van der Waals surface area contributed by atoms with Crippen molar-refractivity contribution in [2.24, 2.45) is 10.2 Å². The summed E-state index contributed by atoms with van der Waals surface area (Å²) in [6.07, 6.45) is 5.00. The number of carbonyl (C=O) groups excluding carboxylic acids is 1. The van der Waals surface area contributed by atoms with Crippen LogP contribution in [0, 0.1) is 0 Å². The molecule has 4 rings (SSSR count). The highest BCUT2D eigenvalue weighted by Crippen LogP contribution is 2.36.